The second-order valence-electron chi connectivity index (χ2n) is 7.00. The summed E-state index contributed by atoms with van der Waals surface area (Å²) in [5.41, 5.74) is 4.47. The Morgan fingerprint density at radius 1 is 1.03 bits per heavy atom. The molecule has 4 rings (SSSR count). The van der Waals surface area contributed by atoms with Gasteiger partial charge in [0.2, 0.25) is 0 Å². The summed E-state index contributed by atoms with van der Waals surface area (Å²) in [5, 5.41) is 5.18. The molecule has 0 N–H and O–H groups in total. The normalized spacial score (nSPS) is 13.2. The van der Waals surface area contributed by atoms with Gasteiger partial charge in [0, 0.05) is 30.7 Å². The number of hydrogen-bond donors (Lipinski definition) is 0. The minimum absolute atomic E-state index is 0.0411. The maximum Gasteiger partial charge on any atom is 0.272 e. The lowest BCUT2D eigenvalue weighted by molar-refractivity contribution is 0.0723. The van der Waals surface area contributed by atoms with E-state index in [-0.39, 0.29) is 5.91 Å². The van der Waals surface area contributed by atoms with E-state index in [4.69, 9.17) is 21.1 Å². The van der Waals surface area contributed by atoms with E-state index in [2.05, 4.69) is 5.10 Å². The zero-order valence-corrected chi connectivity index (χ0v) is 17.4. The lowest BCUT2D eigenvalue weighted by Gasteiger charge is -2.29. The molecule has 0 fully saturated rings. The average molecular weight is 412 g/mol. The summed E-state index contributed by atoms with van der Waals surface area (Å²) < 4.78 is 12.4. The predicted octanol–water partition coefficient (Wildman–Crippen LogP) is 3.96. The summed E-state index contributed by atoms with van der Waals surface area (Å²) in [6.45, 7) is 1.17. The van der Waals surface area contributed by atoms with Crippen LogP contribution in [0.1, 0.15) is 21.6 Å². The Kier molecular flexibility index (Phi) is 5.20. The maximum atomic E-state index is 13.2. The van der Waals surface area contributed by atoms with Gasteiger partial charge < -0.3 is 14.4 Å². The minimum Gasteiger partial charge on any atom is -0.493 e. The van der Waals surface area contributed by atoms with Gasteiger partial charge in [-0.3, -0.25) is 9.48 Å². The number of amides is 1. The highest BCUT2D eigenvalue weighted by Crippen LogP contribution is 2.33. The first-order chi connectivity index (χ1) is 14.0. The minimum atomic E-state index is -0.0411. The Morgan fingerprint density at radius 3 is 2.34 bits per heavy atom. The molecule has 150 valence electrons. The van der Waals surface area contributed by atoms with Crippen LogP contribution in [0.4, 0.5) is 0 Å². The summed E-state index contributed by atoms with van der Waals surface area (Å²) in [6, 6.07) is 13.2. The number of carbonyl (C=O) groups is 1. The van der Waals surface area contributed by atoms with Crippen LogP contribution < -0.4 is 9.47 Å². The number of hydrogen-bond acceptors (Lipinski definition) is 4. The quantitative estimate of drug-likeness (QED) is 0.652. The summed E-state index contributed by atoms with van der Waals surface area (Å²) in [4.78, 5) is 15.0. The van der Waals surface area contributed by atoms with Crippen LogP contribution in [0.5, 0.6) is 11.5 Å². The highest BCUT2D eigenvalue weighted by molar-refractivity contribution is 6.30. The average Bonchev–Trinajstić information content (AvgIpc) is 3.13. The summed E-state index contributed by atoms with van der Waals surface area (Å²) in [6.07, 6.45) is 0.767. The zero-order valence-electron chi connectivity index (χ0n) is 16.6. The Balaban J connectivity index is 1.59. The largest absolute Gasteiger partial charge is 0.493 e. The third kappa shape index (κ3) is 3.68. The van der Waals surface area contributed by atoms with Crippen molar-refractivity contribution in [2.45, 2.75) is 13.0 Å². The van der Waals surface area contributed by atoms with Gasteiger partial charge in [-0.15, -0.1) is 0 Å². The lowest BCUT2D eigenvalue weighted by atomic mass is 9.98. The molecule has 6 nitrogen and oxygen atoms in total. The smallest absolute Gasteiger partial charge is 0.272 e. The second kappa shape index (κ2) is 7.79. The molecule has 2 aromatic carbocycles. The molecule has 1 amide bonds. The van der Waals surface area contributed by atoms with Crippen molar-refractivity contribution in [3.05, 3.63) is 64.3 Å². The molecule has 29 heavy (non-hydrogen) atoms. The fourth-order valence-electron chi connectivity index (χ4n) is 3.65. The first-order valence-electron chi connectivity index (χ1n) is 9.33. The summed E-state index contributed by atoms with van der Waals surface area (Å²) in [5.74, 6) is 1.34. The first-order valence-corrected chi connectivity index (χ1v) is 9.71. The number of aryl methyl sites for hydroxylation is 1. The fraction of sp³-hybridized carbons (Fsp3) is 0.273. The molecular formula is C22H22ClN3O3. The van der Waals surface area contributed by atoms with Crippen molar-refractivity contribution in [1.29, 1.82) is 0 Å². The monoisotopic (exact) mass is 411 g/mol. The van der Waals surface area contributed by atoms with E-state index in [9.17, 15) is 4.79 Å². The van der Waals surface area contributed by atoms with Crippen molar-refractivity contribution in [3.8, 4) is 22.8 Å². The van der Waals surface area contributed by atoms with Gasteiger partial charge >= 0.3 is 0 Å². The summed E-state index contributed by atoms with van der Waals surface area (Å²) in [7, 11) is 5.03. The van der Waals surface area contributed by atoms with Crippen molar-refractivity contribution >= 4 is 17.5 Å². The van der Waals surface area contributed by atoms with Crippen molar-refractivity contribution in [2.24, 2.45) is 7.05 Å². The molecule has 1 aromatic heterocycles. The first kappa shape index (κ1) is 19.3. The number of aromatic nitrogens is 2. The van der Waals surface area contributed by atoms with Crippen molar-refractivity contribution in [2.75, 3.05) is 20.8 Å². The van der Waals surface area contributed by atoms with Gasteiger partial charge in [0.05, 0.1) is 19.9 Å². The number of benzene rings is 2. The molecular weight excluding hydrogens is 390 g/mol. The molecule has 0 aliphatic carbocycles. The van der Waals surface area contributed by atoms with Gasteiger partial charge in [-0.05, 0) is 47.9 Å². The third-order valence-corrected chi connectivity index (χ3v) is 5.50. The van der Waals surface area contributed by atoms with Gasteiger partial charge in [0.25, 0.3) is 5.91 Å². The zero-order chi connectivity index (χ0) is 20.5. The van der Waals surface area contributed by atoms with E-state index in [1.165, 1.54) is 5.56 Å². The van der Waals surface area contributed by atoms with Crippen molar-refractivity contribution < 1.29 is 14.3 Å². The molecule has 0 saturated carbocycles. The fourth-order valence-corrected chi connectivity index (χ4v) is 3.77. The number of methoxy groups -OCH3 is 2. The van der Waals surface area contributed by atoms with E-state index in [1.54, 1.807) is 25.9 Å². The van der Waals surface area contributed by atoms with Crippen LogP contribution in [-0.4, -0.2) is 41.4 Å². The molecule has 2 heterocycles. The summed E-state index contributed by atoms with van der Waals surface area (Å²) >= 11 is 5.97. The van der Waals surface area contributed by atoms with E-state index >= 15 is 0 Å². The molecule has 1 aliphatic rings. The Bertz CT molecular complexity index is 1060. The predicted molar refractivity (Wildman–Crippen MR) is 112 cm³/mol. The van der Waals surface area contributed by atoms with E-state index in [1.807, 2.05) is 47.4 Å². The van der Waals surface area contributed by atoms with Crippen LogP contribution in [0.15, 0.2) is 42.5 Å². The lowest BCUT2D eigenvalue weighted by Crippen LogP contribution is -2.36. The topological polar surface area (TPSA) is 56.6 Å². The highest BCUT2D eigenvalue weighted by Gasteiger charge is 2.26. The molecule has 7 heteroatoms. The van der Waals surface area contributed by atoms with Gasteiger partial charge in [-0.1, -0.05) is 23.7 Å². The van der Waals surface area contributed by atoms with E-state index < -0.39 is 0 Å². The Hall–Kier alpha value is -2.99. The van der Waals surface area contributed by atoms with Crippen LogP contribution in [0.3, 0.4) is 0 Å². The van der Waals surface area contributed by atoms with E-state index in [0.29, 0.717) is 35.3 Å². The molecule has 1 aliphatic heterocycles. The third-order valence-electron chi connectivity index (χ3n) is 5.24. The molecule has 0 saturated heterocycles. The number of fused-ring (bicyclic) bond motifs is 1. The SMILES string of the molecule is COc1cc2c(cc1OC)CN(C(=O)c1cc(-c3ccc(Cl)cc3)nn1C)CC2. The molecule has 3 aromatic rings. The van der Waals surface area contributed by atoms with Gasteiger partial charge in [-0.25, -0.2) is 0 Å². The number of rotatable bonds is 4. The molecule has 0 radical (unpaired) electrons. The second-order valence-corrected chi connectivity index (χ2v) is 7.43. The van der Waals surface area contributed by atoms with E-state index in [0.717, 1.165) is 23.2 Å². The molecule has 0 bridgehead atoms. The molecule has 0 unspecified atom stereocenters. The van der Waals surface area contributed by atoms with Crippen LogP contribution in [0, 0.1) is 0 Å². The highest BCUT2D eigenvalue weighted by atomic mass is 35.5. The Labute approximate surface area is 174 Å². The number of carbonyl (C=O) groups excluding carboxylic acids is 1. The standard InChI is InChI=1S/C22H22ClN3O3/c1-25-19(12-18(24-25)14-4-6-17(23)7-5-14)22(27)26-9-8-15-10-20(28-2)21(29-3)11-16(15)13-26/h4-7,10-12H,8-9,13H2,1-3H3. The van der Waals surface area contributed by atoms with Crippen LogP contribution in [-0.2, 0) is 20.0 Å². The molecule has 0 spiro atoms. The van der Waals surface area contributed by atoms with Crippen molar-refractivity contribution in [3.63, 3.8) is 0 Å². The maximum absolute atomic E-state index is 13.2. The van der Waals surface area contributed by atoms with Crippen LogP contribution >= 0.6 is 11.6 Å². The van der Waals surface area contributed by atoms with Crippen molar-refractivity contribution in [1.82, 2.24) is 14.7 Å². The number of nitrogens with zero attached hydrogens (tertiary/aromatic N) is 3. The number of ether oxygens (including phenoxy) is 2. The van der Waals surface area contributed by atoms with Crippen LogP contribution in [0.2, 0.25) is 5.02 Å². The van der Waals surface area contributed by atoms with Gasteiger partial charge in [-0.2, -0.15) is 5.10 Å². The molecule has 0 atom stereocenters. The van der Waals surface area contributed by atoms with Gasteiger partial charge in [0.15, 0.2) is 11.5 Å². The van der Waals surface area contributed by atoms with Gasteiger partial charge in [0.1, 0.15) is 5.69 Å². The van der Waals surface area contributed by atoms with Crippen LogP contribution in [0.25, 0.3) is 11.3 Å². The Morgan fingerprint density at radius 2 is 1.69 bits per heavy atom. The number of halogens is 1.